The number of methoxy groups -OCH3 is 3. The van der Waals surface area contributed by atoms with Crippen molar-refractivity contribution in [1.82, 2.24) is 0 Å². The lowest BCUT2D eigenvalue weighted by Crippen LogP contribution is -2.59. The molecule has 0 aromatic heterocycles. The third kappa shape index (κ3) is 24.2. The van der Waals surface area contributed by atoms with Gasteiger partial charge >= 0.3 is 41.8 Å². The van der Waals surface area contributed by atoms with Gasteiger partial charge in [-0.2, -0.15) is 0 Å². The second kappa shape index (κ2) is 46.4. The summed E-state index contributed by atoms with van der Waals surface area (Å²) in [6, 6.07) is 0. The average Bonchev–Trinajstić information content (AvgIpc) is 1.56. The highest BCUT2D eigenvalue weighted by Crippen LogP contribution is 2.64. The number of cyclic esters (lactones) is 4. The maximum absolute atomic E-state index is 12.6. The van der Waals surface area contributed by atoms with Crippen LogP contribution in [0.5, 0.6) is 0 Å². The molecule has 18 heteroatoms. The number of unbranched alkanes of at least 4 members (excludes halogenated alkanes) is 3. The van der Waals surface area contributed by atoms with Crippen LogP contribution in [0.15, 0.2) is 0 Å². The fraction of sp³-hybridized carbons (Fsp3) is 0.935. The molecule has 29 atom stereocenters. The molecule has 718 valence electrons. The molecular formula is C107H182O18. The first-order valence-corrected chi connectivity index (χ1v) is 52.1. The van der Waals surface area contributed by atoms with Crippen molar-refractivity contribution >= 4 is 41.8 Å². The third-order valence-electron chi connectivity index (χ3n) is 39.2. The quantitative estimate of drug-likeness (QED) is 0.0285. The van der Waals surface area contributed by atoms with Gasteiger partial charge in [-0.3, -0.25) is 33.6 Å². The van der Waals surface area contributed by atoms with Crippen LogP contribution in [0.1, 0.15) is 356 Å². The van der Waals surface area contributed by atoms with Gasteiger partial charge in [-0.1, -0.05) is 125 Å². The van der Waals surface area contributed by atoms with Gasteiger partial charge in [0, 0.05) is 41.2 Å². The van der Waals surface area contributed by atoms with E-state index in [0.29, 0.717) is 53.3 Å². The molecule has 0 aromatic carbocycles. The van der Waals surface area contributed by atoms with E-state index >= 15 is 0 Å². The van der Waals surface area contributed by atoms with E-state index in [1.165, 1.54) is 122 Å². The van der Waals surface area contributed by atoms with Gasteiger partial charge in [0.05, 0.1) is 59.7 Å². The van der Waals surface area contributed by atoms with Crippen molar-refractivity contribution in [2.45, 2.75) is 391 Å². The van der Waals surface area contributed by atoms with Gasteiger partial charge in [0.2, 0.25) is 0 Å². The van der Waals surface area contributed by atoms with Crippen LogP contribution in [-0.2, 0) is 71.5 Å². The fourth-order valence-electron chi connectivity index (χ4n) is 29.2. The molecular weight excluding hydrogens is 1570 g/mol. The minimum absolute atomic E-state index is 0.0347. The molecule has 19 fully saturated rings. The molecule has 0 aromatic rings. The summed E-state index contributed by atoms with van der Waals surface area (Å²) < 4.78 is 42.0. The predicted octanol–water partition coefficient (Wildman–Crippen LogP) is 22.1. The number of fused-ring (bicyclic) bond motifs is 8. The summed E-state index contributed by atoms with van der Waals surface area (Å²) in [5, 5.41) is 31.0. The summed E-state index contributed by atoms with van der Waals surface area (Å²) in [5.41, 5.74) is -0.352. The highest BCUT2D eigenvalue weighted by atomic mass is 16.6. The molecule has 17 aliphatic carbocycles. The van der Waals surface area contributed by atoms with Crippen molar-refractivity contribution in [3.05, 3.63) is 0 Å². The average molecular weight is 1760 g/mol. The van der Waals surface area contributed by atoms with E-state index in [2.05, 4.69) is 99.5 Å². The molecule has 2 saturated heterocycles. The standard InChI is InChI=1S/2C17H28O2.C16H26O2.3C15H28O2.2C6H8O3/c1-4-17(7-5-6-8-17)19-16(18)15-10-13-9-14(15)12(3)11(13)2;1-4-11(3)16(18)19-17(5-2)14-7-12-6-13(9-14)10-15(17)8-12;1-4-10(2)15(17)18-16(3)13-6-11-5-12(8-13)9-14(16)7-11;3*1-10-11(2)13-8-12(10)9-14(13)15(16)6-4-5-7-17-3;2*1-3-4(2)6(8)9-5(3)7/h2*11-15H,4-10H2,1-3H3;10-14H,4-9H2,1-3H3;3*10-16H,4-9H2,1-3H3;2*3-4H,1-2H3. The Bertz CT molecular complexity index is 3140. The first-order chi connectivity index (χ1) is 59.4. The van der Waals surface area contributed by atoms with Crippen molar-refractivity contribution in [3.8, 4) is 0 Å². The first kappa shape index (κ1) is 104. The largest absolute Gasteiger partial charge is 0.459 e. The number of aliphatic hydroxyl groups is 3. The Balaban J connectivity index is 0.000000151. The van der Waals surface area contributed by atoms with Gasteiger partial charge < -0.3 is 53.2 Å². The number of aliphatic hydroxyl groups excluding tert-OH is 3. The molecule has 2 heterocycles. The number of carbonyl (C=O) groups excluding carboxylic acids is 7. The Morgan fingerprint density at radius 1 is 0.376 bits per heavy atom. The lowest BCUT2D eigenvalue weighted by molar-refractivity contribution is -0.214. The number of rotatable bonds is 28. The second-order valence-electron chi connectivity index (χ2n) is 45.6. The number of hydrogen-bond acceptors (Lipinski definition) is 18. The van der Waals surface area contributed by atoms with Gasteiger partial charge in [0.1, 0.15) is 16.8 Å². The SMILES string of the molecule is CC1C(=O)OC(=O)C1C.CC1C(=O)OC(=O)C1C.CCC(C)C(=O)OC1(C)C2CC3CC(C2)CC1C3.CCC(C)C(=O)OC1(CC)C2CC3CC(C2)CC1C3.CCC1(OC(=O)C2CC3CC2C(C)C3C)CCCC1.COCCCCC(O)C1CC2CC1C(C)C2C.COCCCCC(O)C1CC2CC1C(C)C2C.COCCCCC(O)C1CC2CC1C(C)C2C. The minimum atomic E-state index is -0.396. The smallest absolute Gasteiger partial charge is 0.317 e. The lowest BCUT2D eigenvalue weighted by atomic mass is 9.49. The Hall–Kier alpha value is -3.55. The summed E-state index contributed by atoms with van der Waals surface area (Å²) >= 11 is 0. The summed E-state index contributed by atoms with van der Waals surface area (Å²) in [4.78, 5) is 79.2. The van der Waals surface area contributed by atoms with Gasteiger partial charge in [-0.15, -0.1) is 0 Å². The number of ether oxygens (including phenoxy) is 8. The molecule has 0 spiro atoms. The van der Waals surface area contributed by atoms with Gasteiger partial charge in [0.25, 0.3) is 0 Å². The monoisotopic (exact) mass is 1760 g/mol. The van der Waals surface area contributed by atoms with E-state index in [4.69, 9.17) is 28.4 Å². The van der Waals surface area contributed by atoms with E-state index in [1.807, 2.05) is 13.8 Å². The summed E-state index contributed by atoms with van der Waals surface area (Å²) in [7, 11) is 5.24. The van der Waals surface area contributed by atoms with Crippen LogP contribution < -0.4 is 0 Å². The molecule has 19 aliphatic rings. The van der Waals surface area contributed by atoms with E-state index in [1.54, 1.807) is 49.0 Å². The van der Waals surface area contributed by atoms with E-state index in [9.17, 15) is 48.9 Å². The predicted molar refractivity (Wildman–Crippen MR) is 490 cm³/mol. The summed E-state index contributed by atoms with van der Waals surface area (Å²) in [6.45, 7) is 43.1. The van der Waals surface area contributed by atoms with Crippen LogP contribution in [0.25, 0.3) is 0 Å². The molecule has 29 unspecified atom stereocenters. The highest BCUT2D eigenvalue weighted by Gasteiger charge is 2.61. The number of esters is 7. The Labute approximate surface area is 758 Å². The van der Waals surface area contributed by atoms with Crippen LogP contribution in [-0.4, -0.2) is 133 Å². The summed E-state index contributed by atoms with van der Waals surface area (Å²) in [6.07, 6.45) is 41.4. The molecule has 125 heavy (non-hydrogen) atoms. The molecule has 16 bridgehead atoms. The Morgan fingerprint density at radius 3 is 0.944 bits per heavy atom. The van der Waals surface area contributed by atoms with Crippen molar-refractivity contribution in [3.63, 3.8) is 0 Å². The van der Waals surface area contributed by atoms with Crippen LogP contribution in [0.3, 0.4) is 0 Å². The van der Waals surface area contributed by atoms with Crippen molar-refractivity contribution in [2.24, 2.45) is 201 Å². The molecule has 18 nitrogen and oxygen atoms in total. The second-order valence-corrected chi connectivity index (χ2v) is 45.6. The van der Waals surface area contributed by atoms with Crippen LogP contribution >= 0.6 is 0 Å². The van der Waals surface area contributed by atoms with E-state index in [-0.39, 0.29) is 94.4 Å². The molecule has 17 saturated carbocycles. The van der Waals surface area contributed by atoms with Crippen molar-refractivity contribution in [2.75, 3.05) is 41.2 Å². The first-order valence-electron chi connectivity index (χ1n) is 52.1. The Morgan fingerprint density at radius 2 is 0.680 bits per heavy atom. The fourth-order valence-corrected chi connectivity index (χ4v) is 29.2. The highest BCUT2D eigenvalue weighted by molar-refractivity contribution is 5.96. The summed E-state index contributed by atoms with van der Waals surface area (Å²) in [5.74, 6) is 19.2. The number of hydrogen-bond donors (Lipinski definition) is 3. The zero-order valence-electron chi connectivity index (χ0n) is 82.7. The van der Waals surface area contributed by atoms with Crippen LogP contribution in [0.4, 0.5) is 0 Å². The maximum atomic E-state index is 12.6. The molecule has 2 aliphatic heterocycles. The van der Waals surface area contributed by atoms with Gasteiger partial charge in [0.15, 0.2) is 0 Å². The molecule has 0 amide bonds. The van der Waals surface area contributed by atoms with Crippen LogP contribution in [0.2, 0.25) is 0 Å². The van der Waals surface area contributed by atoms with Gasteiger partial charge in [-0.05, 0) is 391 Å². The zero-order valence-corrected chi connectivity index (χ0v) is 82.7. The third-order valence-corrected chi connectivity index (χ3v) is 39.2. The van der Waals surface area contributed by atoms with E-state index < -0.39 is 23.9 Å². The lowest BCUT2D eigenvalue weighted by Gasteiger charge is -2.60. The Kier molecular flexibility index (Phi) is 38.4. The van der Waals surface area contributed by atoms with Crippen molar-refractivity contribution < 1.29 is 86.8 Å². The van der Waals surface area contributed by atoms with Gasteiger partial charge in [-0.25, -0.2) is 0 Å². The molecule has 3 N–H and O–H groups in total. The number of carbonyl (C=O) groups is 7. The van der Waals surface area contributed by atoms with Crippen LogP contribution in [0, 0.1) is 201 Å². The maximum Gasteiger partial charge on any atom is 0.317 e. The zero-order chi connectivity index (χ0) is 91.4. The minimum Gasteiger partial charge on any atom is -0.459 e. The molecule has 19 rings (SSSR count). The van der Waals surface area contributed by atoms with Crippen molar-refractivity contribution in [1.29, 1.82) is 0 Å². The topological polar surface area (TPSA) is 254 Å². The van der Waals surface area contributed by atoms with E-state index in [0.717, 1.165) is 229 Å². The normalized spacial score (nSPS) is 42.4. The molecule has 0 radical (unpaired) electrons.